The monoisotopic (exact) mass is 415 g/mol. The van der Waals surface area contributed by atoms with Gasteiger partial charge in [-0.05, 0) is 24.6 Å². The van der Waals surface area contributed by atoms with Crippen molar-refractivity contribution in [2.75, 3.05) is 7.05 Å². The summed E-state index contributed by atoms with van der Waals surface area (Å²) >= 11 is 0. The van der Waals surface area contributed by atoms with Crippen LogP contribution < -0.4 is 0 Å². The van der Waals surface area contributed by atoms with Gasteiger partial charge in [0, 0.05) is 38.1 Å². The molecule has 30 heavy (non-hydrogen) atoms. The second kappa shape index (κ2) is 8.81. The molecular weight excluding hydrogens is 396 g/mol. The molecule has 0 saturated heterocycles. The number of non-ortho nitro benzene ring substituents is 1. The number of carbonyl (C=O) groups is 1. The van der Waals surface area contributed by atoms with Gasteiger partial charge in [0.05, 0.1) is 22.7 Å². The molecule has 3 aromatic rings. The molecule has 9 heteroatoms. The van der Waals surface area contributed by atoms with Crippen LogP contribution in [0.5, 0.6) is 0 Å². The smallest absolute Gasteiger partial charge is 0.269 e. The lowest BCUT2D eigenvalue weighted by atomic mass is 10.1. The maximum Gasteiger partial charge on any atom is 0.269 e. The Morgan fingerprint density at radius 1 is 1.27 bits per heavy atom. The van der Waals surface area contributed by atoms with Crippen molar-refractivity contribution < 1.29 is 22.9 Å². The van der Waals surface area contributed by atoms with E-state index in [-0.39, 0.29) is 47.7 Å². The van der Waals surface area contributed by atoms with Crippen LogP contribution in [0.3, 0.4) is 0 Å². The van der Waals surface area contributed by atoms with Gasteiger partial charge in [0.2, 0.25) is 5.91 Å². The number of hydrogen-bond donors (Lipinski definition) is 0. The van der Waals surface area contributed by atoms with Crippen LogP contribution in [-0.4, -0.2) is 27.8 Å². The number of nitro benzene ring substituents is 1. The van der Waals surface area contributed by atoms with Crippen LogP contribution >= 0.6 is 0 Å². The fourth-order valence-electron chi connectivity index (χ4n) is 2.97. The van der Waals surface area contributed by atoms with Gasteiger partial charge in [0.1, 0.15) is 11.6 Å². The molecular formula is C21H19F2N3O4. The third-order valence-corrected chi connectivity index (χ3v) is 4.84. The van der Waals surface area contributed by atoms with E-state index in [1.807, 2.05) is 0 Å². The van der Waals surface area contributed by atoms with Gasteiger partial charge in [-0.25, -0.2) is 13.8 Å². The van der Waals surface area contributed by atoms with E-state index < -0.39 is 16.6 Å². The van der Waals surface area contributed by atoms with Gasteiger partial charge in [-0.2, -0.15) is 0 Å². The van der Waals surface area contributed by atoms with Gasteiger partial charge in [0.15, 0.2) is 11.7 Å². The first-order valence-corrected chi connectivity index (χ1v) is 9.16. The lowest BCUT2D eigenvalue weighted by Gasteiger charge is -2.25. The van der Waals surface area contributed by atoms with Gasteiger partial charge in [-0.3, -0.25) is 14.9 Å². The van der Waals surface area contributed by atoms with Crippen molar-refractivity contribution in [3.63, 3.8) is 0 Å². The van der Waals surface area contributed by atoms with Crippen LogP contribution in [0.15, 0.2) is 53.1 Å². The van der Waals surface area contributed by atoms with E-state index in [0.717, 1.165) is 12.1 Å². The minimum absolute atomic E-state index is 0.0412. The molecule has 0 bridgehead atoms. The molecule has 1 atom stereocenters. The van der Waals surface area contributed by atoms with Crippen LogP contribution in [0.2, 0.25) is 0 Å². The molecule has 0 aliphatic carbocycles. The van der Waals surface area contributed by atoms with Gasteiger partial charge in [-0.1, -0.05) is 12.1 Å². The van der Waals surface area contributed by atoms with Gasteiger partial charge < -0.3 is 9.32 Å². The molecule has 1 unspecified atom stereocenters. The fourth-order valence-corrected chi connectivity index (χ4v) is 2.97. The average Bonchev–Trinajstić information content (AvgIpc) is 3.19. The first kappa shape index (κ1) is 21.1. The molecule has 7 nitrogen and oxygen atoms in total. The zero-order chi connectivity index (χ0) is 21.8. The van der Waals surface area contributed by atoms with Crippen molar-refractivity contribution in [2.24, 2.45) is 0 Å². The van der Waals surface area contributed by atoms with E-state index in [9.17, 15) is 23.7 Å². The number of oxazole rings is 1. The number of nitrogens with zero attached hydrogens (tertiary/aromatic N) is 3. The van der Waals surface area contributed by atoms with E-state index in [4.69, 9.17) is 4.42 Å². The zero-order valence-corrected chi connectivity index (χ0v) is 16.3. The number of halogens is 2. The zero-order valence-electron chi connectivity index (χ0n) is 16.3. The third-order valence-electron chi connectivity index (χ3n) is 4.84. The summed E-state index contributed by atoms with van der Waals surface area (Å²) < 4.78 is 32.4. The van der Waals surface area contributed by atoms with Crippen LogP contribution in [-0.2, 0) is 11.2 Å². The van der Waals surface area contributed by atoms with Gasteiger partial charge in [-0.15, -0.1) is 0 Å². The molecule has 0 fully saturated rings. The first-order valence-electron chi connectivity index (χ1n) is 9.16. The minimum atomic E-state index is -0.765. The normalized spacial score (nSPS) is 11.9. The molecule has 0 spiro atoms. The Bertz CT molecular complexity index is 1080. The lowest BCUT2D eigenvalue weighted by Crippen LogP contribution is -2.29. The summed E-state index contributed by atoms with van der Waals surface area (Å²) in [7, 11) is 1.61. The molecule has 2 aromatic carbocycles. The Morgan fingerprint density at radius 3 is 2.73 bits per heavy atom. The molecule has 156 valence electrons. The van der Waals surface area contributed by atoms with E-state index in [1.165, 1.54) is 29.3 Å². The Hall–Kier alpha value is -3.62. The number of aryl methyl sites for hydroxylation is 1. The highest BCUT2D eigenvalue weighted by molar-refractivity contribution is 5.76. The molecule has 3 rings (SSSR count). The number of amides is 1. The highest BCUT2D eigenvalue weighted by Crippen LogP contribution is 2.26. The van der Waals surface area contributed by atoms with Crippen molar-refractivity contribution in [2.45, 2.75) is 25.8 Å². The third kappa shape index (κ3) is 4.68. The first-order chi connectivity index (χ1) is 14.3. The fraction of sp³-hybridized carbons (Fsp3) is 0.238. The Balaban J connectivity index is 1.63. The summed E-state index contributed by atoms with van der Waals surface area (Å²) in [5.41, 5.74) is 0.684. The average molecular weight is 415 g/mol. The van der Waals surface area contributed by atoms with Crippen LogP contribution in [0.25, 0.3) is 11.3 Å². The summed E-state index contributed by atoms with van der Waals surface area (Å²) in [6.45, 7) is 1.78. The molecule has 1 heterocycles. The molecule has 0 saturated carbocycles. The van der Waals surface area contributed by atoms with Crippen LogP contribution in [0.4, 0.5) is 14.5 Å². The van der Waals surface area contributed by atoms with E-state index in [0.29, 0.717) is 5.56 Å². The molecule has 0 aliphatic rings. The predicted molar refractivity (Wildman–Crippen MR) is 104 cm³/mol. The SMILES string of the molecule is CC(c1cccc([N+](=O)[O-])c1)N(C)C(=O)CCc1ncc(-c2ccc(F)cc2F)o1. The quantitative estimate of drug-likeness (QED) is 0.413. The number of carbonyl (C=O) groups excluding carboxylic acids is 1. The van der Waals surface area contributed by atoms with E-state index >= 15 is 0 Å². The summed E-state index contributed by atoms with van der Waals surface area (Å²) in [6, 6.07) is 8.89. The van der Waals surface area contributed by atoms with E-state index in [2.05, 4.69) is 4.98 Å². The summed E-state index contributed by atoms with van der Waals surface area (Å²) in [6.07, 6.45) is 1.60. The number of aromatic nitrogens is 1. The molecule has 0 radical (unpaired) electrons. The predicted octanol–water partition coefficient (Wildman–Crippen LogP) is 4.68. The number of hydrogen-bond acceptors (Lipinski definition) is 5. The van der Waals surface area contributed by atoms with Crippen molar-refractivity contribution in [3.8, 4) is 11.3 Å². The summed E-state index contributed by atoms with van der Waals surface area (Å²) in [4.78, 5) is 28.5. The summed E-state index contributed by atoms with van der Waals surface area (Å²) in [5.74, 6) is -1.27. The van der Waals surface area contributed by atoms with Crippen molar-refractivity contribution in [1.82, 2.24) is 9.88 Å². The molecule has 0 N–H and O–H groups in total. The largest absolute Gasteiger partial charge is 0.441 e. The van der Waals surface area contributed by atoms with Crippen molar-refractivity contribution in [1.29, 1.82) is 0 Å². The molecule has 1 amide bonds. The molecule has 0 aliphatic heterocycles. The van der Waals surface area contributed by atoms with Crippen molar-refractivity contribution in [3.05, 3.63) is 81.9 Å². The minimum Gasteiger partial charge on any atom is -0.441 e. The van der Waals surface area contributed by atoms with Crippen LogP contribution in [0.1, 0.15) is 30.8 Å². The van der Waals surface area contributed by atoms with Gasteiger partial charge >= 0.3 is 0 Å². The second-order valence-electron chi connectivity index (χ2n) is 6.78. The van der Waals surface area contributed by atoms with Crippen molar-refractivity contribution >= 4 is 11.6 Å². The standard InChI is InChI=1S/C21H19F2N3O4/c1-13(14-4-3-5-16(10-14)26(28)29)25(2)21(27)9-8-20-24-12-19(30-20)17-7-6-15(22)11-18(17)23/h3-7,10-13H,8-9H2,1-2H3. The Labute approximate surface area is 171 Å². The maximum absolute atomic E-state index is 13.9. The maximum atomic E-state index is 13.9. The number of rotatable bonds is 7. The molecule has 1 aromatic heterocycles. The Kier molecular flexibility index (Phi) is 6.20. The lowest BCUT2D eigenvalue weighted by molar-refractivity contribution is -0.384. The van der Waals surface area contributed by atoms with Gasteiger partial charge in [0.25, 0.3) is 5.69 Å². The summed E-state index contributed by atoms with van der Waals surface area (Å²) in [5, 5.41) is 10.9. The van der Waals surface area contributed by atoms with Crippen LogP contribution in [0, 0.1) is 21.7 Å². The number of benzene rings is 2. The topological polar surface area (TPSA) is 89.5 Å². The highest BCUT2D eigenvalue weighted by atomic mass is 19.1. The second-order valence-corrected chi connectivity index (χ2v) is 6.78. The van der Waals surface area contributed by atoms with E-state index in [1.54, 1.807) is 26.1 Å². The highest BCUT2D eigenvalue weighted by Gasteiger charge is 2.20. The number of nitro groups is 1. The Morgan fingerprint density at radius 2 is 2.03 bits per heavy atom.